The van der Waals surface area contributed by atoms with Crippen molar-refractivity contribution in [1.82, 2.24) is 4.90 Å². The number of carbonyl (C=O) groups excluding carboxylic acids is 3. The summed E-state index contributed by atoms with van der Waals surface area (Å²) >= 11 is 0. The molecule has 0 aromatic heterocycles. The van der Waals surface area contributed by atoms with Gasteiger partial charge in [-0.05, 0) is 24.3 Å². The van der Waals surface area contributed by atoms with Crippen molar-refractivity contribution in [2.75, 3.05) is 32.6 Å². The molecule has 1 heterocycles. The lowest BCUT2D eigenvalue weighted by Gasteiger charge is -2.17. The molecule has 1 aromatic rings. The summed E-state index contributed by atoms with van der Waals surface area (Å²) < 4.78 is 4.68. The Morgan fingerprint density at radius 2 is 1.86 bits per heavy atom. The Bertz CT molecular complexity index is 566. The van der Waals surface area contributed by atoms with Gasteiger partial charge in [0.15, 0.2) is 0 Å². The Labute approximate surface area is 123 Å². The number of hydrogen-bond acceptors (Lipinski definition) is 4. The van der Waals surface area contributed by atoms with Crippen LogP contribution in [0.1, 0.15) is 16.8 Å². The minimum Gasteiger partial charge on any atom is -0.469 e. The summed E-state index contributed by atoms with van der Waals surface area (Å²) in [6.45, 7) is 0.312. The SMILES string of the molecule is COC(=O)C1CC(=O)N(c2ccc(C(=O)N(C)C)cc2)C1. The molecule has 1 saturated heterocycles. The first-order valence-corrected chi connectivity index (χ1v) is 6.64. The normalized spacial score (nSPS) is 17.8. The van der Waals surface area contributed by atoms with Gasteiger partial charge in [-0.2, -0.15) is 0 Å². The van der Waals surface area contributed by atoms with Crippen LogP contribution in [0, 0.1) is 5.92 Å². The second kappa shape index (κ2) is 5.95. The molecular weight excluding hydrogens is 272 g/mol. The lowest BCUT2D eigenvalue weighted by Crippen LogP contribution is -2.26. The Balaban J connectivity index is 2.14. The number of nitrogens with zero attached hydrogens (tertiary/aromatic N) is 2. The maximum atomic E-state index is 12.0. The van der Waals surface area contributed by atoms with Crippen LogP contribution in [0.4, 0.5) is 5.69 Å². The number of benzene rings is 1. The Kier molecular flexibility index (Phi) is 4.26. The molecular formula is C15H18N2O4. The van der Waals surface area contributed by atoms with E-state index in [-0.39, 0.29) is 24.2 Å². The standard InChI is InChI=1S/C15H18N2O4/c1-16(2)14(19)10-4-6-12(7-5-10)17-9-11(8-13(17)18)15(20)21-3/h4-7,11H,8-9H2,1-3H3. The molecule has 0 radical (unpaired) electrons. The molecule has 2 amide bonds. The smallest absolute Gasteiger partial charge is 0.311 e. The summed E-state index contributed by atoms with van der Waals surface area (Å²) in [6, 6.07) is 6.79. The third kappa shape index (κ3) is 3.04. The van der Waals surface area contributed by atoms with Crippen LogP contribution in [0.5, 0.6) is 0 Å². The zero-order valence-electron chi connectivity index (χ0n) is 12.3. The number of amides is 2. The molecule has 6 nitrogen and oxygen atoms in total. The largest absolute Gasteiger partial charge is 0.469 e. The number of methoxy groups -OCH3 is 1. The molecule has 2 rings (SSSR count). The molecule has 1 aliphatic rings. The van der Waals surface area contributed by atoms with Gasteiger partial charge in [0.25, 0.3) is 5.91 Å². The fourth-order valence-corrected chi connectivity index (χ4v) is 2.32. The second-order valence-corrected chi connectivity index (χ2v) is 5.18. The van der Waals surface area contributed by atoms with Crippen LogP contribution in [0.25, 0.3) is 0 Å². The molecule has 1 atom stereocenters. The maximum absolute atomic E-state index is 12.0. The molecule has 1 aliphatic heterocycles. The molecule has 0 N–H and O–H groups in total. The molecule has 0 aliphatic carbocycles. The van der Waals surface area contributed by atoms with Gasteiger partial charge in [0.2, 0.25) is 5.91 Å². The highest BCUT2D eigenvalue weighted by Crippen LogP contribution is 2.26. The zero-order valence-corrected chi connectivity index (χ0v) is 12.3. The number of anilines is 1. The van der Waals surface area contributed by atoms with Crippen molar-refractivity contribution in [1.29, 1.82) is 0 Å². The average molecular weight is 290 g/mol. The number of rotatable bonds is 3. The first-order valence-electron chi connectivity index (χ1n) is 6.64. The van der Waals surface area contributed by atoms with E-state index in [0.29, 0.717) is 17.8 Å². The van der Waals surface area contributed by atoms with Gasteiger partial charge in [0.1, 0.15) is 0 Å². The Morgan fingerprint density at radius 1 is 1.24 bits per heavy atom. The molecule has 21 heavy (non-hydrogen) atoms. The molecule has 0 bridgehead atoms. The molecule has 0 saturated carbocycles. The van der Waals surface area contributed by atoms with E-state index in [2.05, 4.69) is 4.74 Å². The minimum absolute atomic E-state index is 0.0956. The molecule has 0 spiro atoms. The van der Waals surface area contributed by atoms with E-state index >= 15 is 0 Å². The summed E-state index contributed by atoms with van der Waals surface area (Å²) in [7, 11) is 4.68. The van der Waals surface area contributed by atoms with E-state index < -0.39 is 5.92 Å². The van der Waals surface area contributed by atoms with E-state index in [1.54, 1.807) is 43.3 Å². The molecule has 1 fully saturated rings. The van der Waals surface area contributed by atoms with E-state index in [0.717, 1.165) is 0 Å². The summed E-state index contributed by atoms with van der Waals surface area (Å²) in [4.78, 5) is 38.3. The third-order valence-electron chi connectivity index (χ3n) is 3.49. The van der Waals surface area contributed by atoms with Crippen molar-refractivity contribution in [3.05, 3.63) is 29.8 Å². The molecule has 1 unspecified atom stereocenters. The van der Waals surface area contributed by atoms with E-state index in [1.807, 2.05) is 0 Å². The van der Waals surface area contributed by atoms with E-state index in [9.17, 15) is 14.4 Å². The van der Waals surface area contributed by atoms with Gasteiger partial charge in [0, 0.05) is 38.3 Å². The fraction of sp³-hybridized carbons (Fsp3) is 0.400. The Hall–Kier alpha value is -2.37. The highest BCUT2D eigenvalue weighted by molar-refractivity contribution is 6.00. The van der Waals surface area contributed by atoms with Gasteiger partial charge >= 0.3 is 5.97 Å². The van der Waals surface area contributed by atoms with Gasteiger partial charge in [-0.1, -0.05) is 0 Å². The minimum atomic E-state index is -0.425. The summed E-state index contributed by atoms with van der Waals surface area (Å²) in [5, 5.41) is 0. The van der Waals surface area contributed by atoms with Gasteiger partial charge < -0.3 is 14.5 Å². The van der Waals surface area contributed by atoms with Crippen LogP contribution in [-0.4, -0.2) is 50.4 Å². The van der Waals surface area contributed by atoms with Crippen molar-refractivity contribution in [3.8, 4) is 0 Å². The lowest BCUT2D eigenvalue weighted by molar-refractivity contribution is -0.145. The van der Waals surface area contributed by atoms with Crippen LogP contribution < -0.4 is 4.90 Å². The molecule has 6 heteroatoms. The maximum Gasteiger partial charge on any atom is 0.311 e. The van der Waals surface area contributed by atoms with Crippen molar-refractivity contribution in [3.63, 3.8) is 0 Å². The number of ether oxygens (including phenoxy) is 1. The van der Waals surface area contributed by atoms with Crippen molar-refractivity contribution >= 4 is 23.5 Å². The first kappa shape index (κ1) is 15.0. The van der Waals surface area contributed by atoms with Crippen molar-refractivity contribution in [2.24, 2.45) is 5.92 Å². The summed E-state index contributed by atoms with van der Waals surface area (Å²) in [5.41, 5.74) is 1.24. The number of carbonyl (C=O) groups is 3. The zero-order chi connectivity index (χ0) is 15.6. The topological polar surface area (TPSA) is 66.9 Å². The third-order valence-corrected chi connectivity index (χ3v) is 3.49. The predicted octanol–water partition coefficient (Wildman–Crippen LogP) is 0.914. The molecule has 1 aromatic carbocycles. The lowest BCUT2D eigenvalue weighted by atomic mass is 10.1. The van der Waals surface area contributed by atoms with Crippen LogP contribution in [0.2, 0.25) is 0 Å². The van der Waals surface area contributed by atoms with Crippen LogP contribution in [-0.2, 0) is 14.3 Å². The van der Waals surface area contributed by atoms with Gasteiger partial charge in [0.05, 0.1) is 13.0 Å². The fourth-order valence-electron chi connectivity index (χ4n) is 2.32. The first-order chi connectivity index (χ1) is 9.93. The quantitative estimate of drug-likeness (QED) is 0.776. The molecule has 112 valence electrons. The van der Waals surface area contributed by atoms with Gasteiger partial charge in [-0.3, -0.25) is 14.4 Å². The average Bonchev–Trinajstić information content (AvgIpc) is 2.87. The van der Waals surface area contributed by atoms with Gasteiger partial charge in [-0.25, -0.2) is 0 Å². The second-order valence-electron chi connectivity index (χ2n) is 5.18. The van der Waals surface area contributed by atoms with Crippen molar-refractivity contribution < 1.29 is 19.1 Å². The summed E-state index contributed by atoms with van der Waals surface area (Å²) in [5.74, 6) is -1.00. The van der Waals surface area contributed by atoms with Crippen molar-refractivity contribution in [2.45, 2.75) is 6.42 Å². The summed E-state index contributed by atoms with van der Waals surface area (Å²) in [6.07, 6.45) is 0.158. The van der Waals surface area contributed by atoms with E-state index in [1.165, 1.54) is 12.0 Å². The Morgan fingerprint density at radius 3 is 2.38 bits per heavy atom. The number of hydrogen-bond donors (Lipinski definition) is 0. The predicted molar refractivity (Wildman–Crippen MR) is 76.9 cm³/mol. The highest BCUT2D eigenvalue weighted by Gasteiger charge is 2.35. The van der Waals surface area contributed by atoms with E-state index in [4.69, 9.17) is 0 Å². The number of esters is 1. The monoisotopic (exact) mass is 290 g/mol. The van der Waals surface area contributed by atoms with Crippen LogP contribution in [0.3, 0.4) is 0 Å². The van der Waals surface area contributed by atoms with Crippen LogP contribution >= 0.6 is 0 Å². The highest BCUT2D eigenvalue weighted by atomic mass is 16.5. The van der Waals surface area contributed by atoms with Crippen LogP contribution in [0.15, 0.2) is 24.3 Å². The van der Waals surface area contributed by atoms with Gasteiger partial charge in [-0.15, -0.1) is 0 Å².